The Morgan fingerprint density at radius 3 is 2.32 bits per heavy atom. The van der Waals surface area contributed by atoms with Crippen molar-refractivity contribution in [1.29, 1.82) is 0 Å². The van der Waals surface area contributed by atoms with Crippen LogP contribution in [0.15, 0.2) is 24.4 Å². The van der Waals surface area contributed by atoms with Crippen LogP contribution < -0.4 is 9.47 Å². The van der Waals surface area contributed by atoms with Crippen molar-refractivity contribution < 1.29 is 19.0 Å². The van der Waals surface area contributed by atoms with Gasteiger partial charge in [-0.1, -0.05) is 0 Å². The molecule has 0 amide bonds. The van der Waals surface area contributed by atoms with Gasteiger partial charge in [0.2, 0.25) is 0 Å². The second-order valence-electron chi connectivity index (χ2n) is 3.84. The van der Waals surface area contributed by atoms with Crippen molar-refractivity contribution in [2.75, 3.05) is 20.8 Å². The second kappa shape index (κ2) is 5.56. The van der Waals surface area contributed by atoms with Gasteiger partial charge in [-0.3, -0.25) is 0 Å². The number of hydrogen-bond donors (Lipinski definition) is 0. The smallest absolute Gasteiger partial charge is 0.356 e. The molecule has 0 bridgehead atoms. The first-order chi connectivity index (χ1) is 9.19. The molecule has 0 spiro atoms. The molecule has 2 rings (SSSR count). The van der Waals surface area contributed by atoms with Crippen LogP contribution in [0.5, 0.6) is 11.5 Å². The van der Waals surface area contributed by atoms with Crippen LogP contribution in [-0.4, -0.2) is 31.8 Å². The number of esters is 1. The zero-order chi connectivity index (χ0) is 13.8. The number of methoxy groups -OCH3 is 2. The standard InChI is InChI=1S/C14H15NO4/c1-4-19-14(16)11-5-9-6-12(17-2)13(18-3)7-10(9)8-15-11/h5-8H,4H2,1-3H3. The Morgan fingerprint density at radius 2 is 1.74 bits per heavy atom. The molecule has 0 saturated heterocycles. The van der Waals surface area contributed by atoms with E-state index in [1.54, 1.807) is 39.5 Å². The predicted molar refractivity (Wildman–Crippen MR) is 70.8 cm³/mol. The van der Waals surface area contributed by atoms with Gasteiger partial charge >= 0.3 is 5.97 Å². The lowest BCUT2D eigenvalue weighted by atomic mass is 10.1. The summed E-state index contributed by atoms with van der Waals surface area (Å²) in [6.07, 6.45) is 1.61. The number of carbonyl (C=O) groups is 1. The van der Waals surface area contributed by atoms with E-state index in [-0.39, 0.29) is 5.69 Å². The molecular weight excluding hydrogens is 246 g/mol. The average molecular weight is 261 g/mol. The lowest BCUT2D eigenvalue weighted by molar-refractivity contribution is 0.0519. The van der Waals surface area contributed by atoms with Gasteiger partial charge in [-0.25, -0.2) is 9.78 Å². The first kappa shape index (κ1) is 13.1. The van der Waals surface area contributed by atoms with E-state index < -0.39 is 5.97 Å². The number of aromatic nitrogens is 1. The molecule has 5 heteroatoms. The zero-order valence-corrected chi connectivity index (χ0v) is 11.1. The summed E-state index contributed by atoms with van der Waals surface area (Å²) < 4.78 is 15.4. The third-order valence-corrected chi connectivity index (χ3v) is 2.71. The number of hydrogen-bond acceptors (Lipinski definition) is 5. The van der Waals surface area contributed by atoms with E-state index in [4.69, 9.17) is 14.2 Å². The summed E-state index contributed by atoms with van der Waals surface area (Å²) in [7, 11) is 3.14. The fraction of sp³-hybridized carbons (Fsp3) is 0.286. The van der Waals surface area contributed by atoms with Crippen molar-refractivity contribution in [2.24, 2.45) is 0 Å². The number of pyridine rings is 1. The number of benzene rings is 1. The van der Waals surface area contributed by atoms with Crippen LogP contribution in [0.2, 0.25) is 0 Å². The highest BCUT2D eigenvalue weighted by atomic mass is 16.5. The van der Waals surface area contributed by atoms with Gasteiger partial charge in [0.1, 0.15) is 5.69 Å². The van der Waals surface area contributed by atoms with Crippen LogP contribution in [0.4, 0.5) is 0 Å². The molecule has 0 aliphatic rings. The number of nitrogens with zero attached hydrogens (tertiary/aromatic N) is 1. The van der Waals surface area contributed by atoms with Gasteiger partial charge in [0.05, 0.1) is 20.8 Å². The Kier molecular flexibility index (Phi) is 3.85. The van der Waals surface area contributed by atoms with Gasteiger partial charge < -0.3 is 14.2 Å². The summed E-state index contributed by atoms with van der Waals surface area (Å²) in [4.78, 5) is 15.7. The van der Waals surface area contributed by atoms with Gasteiger partial charge in [0.25, 0.3) is 0 Å². The van der Waals surface area contributed by atoms with Crippen LogP contribution in [0.3, 0.4) is 0 Å². The molecule has 1 aromatic heterocycles. The summed E-state index contributed by atoms with van der Waals surface area (Å²) in [6.45, 7) is 2.08. The number of fused-ring (bicyclic) bond motifs is 1. The van der Waals surface area contributed by atoms with Crippen molar-refractivity contribution in [3.63, 3.8) is 0 Å². The lowest BCUT2D eigenvalue weighted by Crippen LogP contribution is -2.06. The number of ether oxygens (including phenoxy) is 3. The topological polar surface area (TPSA) is 57.7 Å². The summed E-state index contributed by atoms with van der Waals surface area (Å²) in [5.74, 6) is 0.802. The molecule has 1 aromatic carbocycles. The monoisotopic (exact) mass is 261 g/mol. The van der Waals surface area contributed by atoms with Crippen LogP contribution in [0.1, 0.15) is 17.4 Å². The van der Waals surface area contributed by atoms with Crippen LogP contribution in [-0.2, 0) is 4.74 Å². The fourth-order valence-electron chi connectivity index (χ4n) is 1.79. The molecule has 0 radical (unpaired) electrons. The third kappa shape index (κ3) is 2.59. The minimum absolute atomic E-state index is 0.279. The van der Waals surface area contributed by atoms with Crippen molar-refractivity contribution in [3.05, 3.63) is 30.1 Å². The molecule has 0 aliphatic carbocycles. The number of carbonyl (C=O) groups excluding carboxylic acids is 1. The molecular formula is C14H15NO4. The van der Waals surface area contributed by atoms with Crippen molar-refractivity contribution in [1.82, 2.24) is 4.98 Å². The first-order valence-corrected chi connectivity index (χ1v) is 5.88. The highest BCUT2D eigenvalue weighted by Gasteiger charge is 2.11. The molecule has 1 heterocycles. The SMILES string of the molecule is CCOC(=O)c1cc2cc(OC)c(OC)cc2cn1. The fourth-order valence-corrected chi connectivity index (χ4v) is 1.79. The molecule has 0 N–H and O–H groups in total. The van der Waals surface area contributed by atoms with Crippen molar-refractivity contribution in [2.45, 2.75) is 6.92 Å². The summed E-state index contributed by atoms with van der Waals surface area (Å²) in [6, 6.07) is 5.30. The Balaban J connectivity index is 2.50. The average Bonchev–Trinajstić information content (AvgIpc) is 2.45. The maximum absolute atomic E-state index is 11.6. The highest BCUT2D eigenvalue weighted by Crippen LogP contribution is 2.31. The molecule has 2 aromatic rings. The molecule has 0 saturated carbocycles. The van der Waals surface area contributed by atoms with Gasteiger partial charge in [-0.15, -0.1) is 0 Å². The predicted octanol–water partition coefficient (Wildman–Crippen LogP) is 2.43. The number of rotatable bonds is 4. The van der Waals surface area contributed by atoms with E-state index in [0.717, 1.165) is 10.8 Å². The molecule has 0 unspecified atom stereocenters. The Morgan fingerprint density at radius 1 is 1.11 bits per heavy atom. The maximum Gasteiger partial charge on any atom is 0.356 e. The molecule has 100 valence electrons. The van der Waals surface area contributed by atoms with Crippen molar-refractivity contribution >= 4 is 16.7 Å². The van der Waals surface area contributed by atoms with E-state index in [9.17, 15) is 4.79 Å². The van der Waals surface area contributed by atoms with Gasteiger partial charge in [-0.2, -0.15) is 0 Å². The summed E-state index contributed by atoms with van der Waals surface area (Å²) in [5, 5.41) is 1.71. The first-order valence-electron chi connectivity index (χ1n) is 5.88. The molecule has 0 atom stereocenters. The molecule has 0 aliphatic heterocycles. The van der Waals surface area contributed by atoms with Gasteiger partial charge in [0, 0.05) is 11.6 Å². The lowest BCUT2D eigenvalue weighted by Gasteiger charge is -2.09. The molecule has 19 heavy (non-hydrogen) atoms. The van der Waals surface area contributed by atoms with Gasteiger partial charge in [0.15, 0.2) is 11.5 Å². The van der Waals surface area contributed by atoms with E-state index in [1.165, 1.54) is 0 Å². The normalized spacial score (nSPS) is 10.3. The summed E-state index contributed by atoms with van der Waals surface area (Å²) >= 11 is 0. The van der Waals surface area contributed by atoms with E-state index in [1.807, 2.05) is 6.07 Å². The quantitative estimate of drug-likeness (QED) is 0.791. The maximum atomic E-state index is 11.6. The van der Waals surface area contributed by atoms with E-state index >= 15 is 0 Å². The molecule has 0 fully saturated rings. The Bertz CT molecular complexity index is 610. The zero-order valence-electron chi connectivity index (χ0n) is 11.1. The Hall–Kier alpha value is -2.30. The highest BCUT2D eigenvalue weighted by molar-refractivity contribution is 5.94. The molecule has 5 nitrogen and oxygen atoms in total. The minimum Gasteiger partial charge on any atom is -0.493 e. The third-order valence-electron chi connectivity index (χ3n) is 2.71. The minimum atomic E-state index is -0.431. The van der Waals surface area contributed by atoms with Crippen molar-refractivity contribution in [3.8, 4) is 11.5 Å². The van der Waals surface area contributed by atoms with E-state index in [2.05, 4.69) is 4.98 Å². The Labute approximate surface area is 111 Å². The van der Waals surface area contributed by atoms with Crippen LogP contribution in [0.25, 0.3) is 10.8 Å². The van der Waals surface area contributed by atoms with E-state index in [0.29, 0.717) is 18.1 Å². The van der Waals surface area contributed by atoms with Gasteiger partial charge in [-0.05, 0) is 30.5 Å². The van der Waals surface area contributed by atoms with Crippen LogP contribution in [0, 0.1) is 0 Å². The second-order valence-corrected chi connectivity index (χ2v) is 3.84. The van der Waals surface area contributed by atoms with Crippen LogP contribution >= 0.6 is 0 Å². The summed E-state index contributed by atoms with van der Waals surface area (Å²) in [5.41, 5.74) is 0.279. The largest absolute Gasteiger partial charge is 0.493 e.